The van der Waals surface area contributed by atoms with Gasteiger partial charge in [0.1, 0.15) is 0 Å². The number of unbranched alkanes of at least 4 members (excludes halogenated alkanes) is 39. The van der Waals surface area contributed by atoms with E-state index in [1.807, 2.05) is 0 Å². The SMILES string of the molecule is CCCCCCCCCCCCCCCCO.CCCCCCCCCCCCCCCCO.CCCCCCCCCCCCCCCCO. The molecule has 3 nitrogen and oxygen atoms in total. The zero-order chi connectivity index (χ0) is 37.8. The second-order valence-electron chi connectivity index (χ2n) is 16.0. The predicted molar refractivity (Wildman–Crippen MR) is 232 cm³/mol. The molecule has 0 amide bonds. The first-order chi connectivity index (χ1) is 25.2. The Bertz CT molecular complexity index is 397. The number of aliphatic hydroxyl groups excluding tert-OH is 3. The summed E-state index contributed by atoms with van der Waals surface area (Å²) in [7, 11) is 0. The van der Waals surface area contributed by atoms with Crippen molar-refractivity contribution in [2.45, 2.75) is 290 Å². The Hall–Kier alpha value is -0.120. The van der Waals surface area contributed by atoms with E-state index in [-0.39, 0.29) is 0 Å². The molecular formula is C48H102O3. The molecule has 0 aliphatic heterocycles. The van der Waals surface area contributed by atoms with E-state index in [4.69, 9.17) is 15.3 Å². The first kappa shape index (κ1) is 55.2. The third-order valence-corrected chi connectivity index (χ3v) is 10.5. The van der Waals surface area contributed by atoms with Gasteiger partial charge in [0.15, 0.2) is 0 Å². The molecule has 0 aromatic carbocycles. The van der Waals surface area contributed by atoms with Crippen molar-refractivity contribution in [2.75, 3.05) is 19.8 Å². The van der Waals surface area contributed by atoms with Crippen molar-refractivity contribution in [2.24, 2.45) is 0 Å². The fraction of sp³-hybridized carbons (Fsp3) is 1.00. The first-order valence-electron chi connectivity index (χ1n) is 24.1. The van der Waals surface area contributed by atoms with Crippen LogP contribution in [-0.2, 0) is 0 Å². The minimum absolute atomic E-state index is 0.373. The van der Waals surface area contributed by atoms with Crippen LogP contribution in [-0.4, -0.2) is 35.1 Å². The molecule has 0 aromatic rings. The van der Waals surface area contributed by atoms with Crippen molar-refractivity contribution in [3.8, 4) is 0 Å². The van der Waals surface area contributed by atoms with Crippen LogP contribution >= 0.6 is 0 Å². The molecule has 312 valence electrons. The van der Waals surface area contributed by atoms with Gasteiger partial charge >= 0.3 is 0 Å². The Kier molecular flexibility index (Phi) is 64.1. The van der Waals surface area contributed by atoms with Crippen molar-refractivity contribution in [3.63, 3.8) is 0 Å². The summed E-state index contributed by atoms with van der Waals surface area (Å²) in [6.45, 7) is 7.95. The lowest BCUT2D eigenvalue weighted by Gasteiger charge is -2.02. The molecule has 51 heavy (non-hydrogen) atoms. The van der Waals surface area contributed by atoms with Gasteiger partial charge in [0.25, 0.3) is 0 Å². The van der Waals surface area contributed by atoms with Crippen LogP contribution < -0.4 is 0 Å². The molecule has 0 atom stereocenters. The lowest BCUT2D eigenvalue weighted by molar-refractivity contribution is 0.282. The van der Waals surface area contributed by atoms with Gasteiger partial charge in [0.2, 0.25) is 0 Å². The quantitative estimate of drug-likeness (QED) is 0.0549. The third kappa shape index (κ3) is 65.2. The molecule has 0 heterocycles. The monoisotopic (exact) mass is 727 g/mol. The molecule has 0 aliphatic carbocycles. The topological polar surface area (TPSA) is 60.7 Å². The highest BCUT2D eigenvalue weighted by Gasteiger charge is 1.96. The molecule has 3 heteroatoms. The Morgan fingerprint density at radius 1 is 0.157 bits per heavy atom. The van der Waals surface area contributed by atoms with Gasteiger partial charge in [-0.15, -0.1) is 0 Å². The third-order valence-electron chi connectivity index (χ3n) is 10.5. The lowest BCUT2D eigenvalue weighted by atomic mass is 10.0. The van der Waals surface area contributed by atoms with E-state index in [1.165, 1.54) is 250 Å². The molecule has 0 radical (unpaired) electrons. The van der Waals surface area contributed by atoms with E-state index in [0.29, 0.717) is 19.8 Å². The summed E-state index contributed by atoms with van der Waals surface area (Å²) >= 11 is 0. The van der Waals surface area contributed by atoms with Gasteiger partial charge in [0.05, 0.1) is 0 Å². The normalized spacial score (nSPS) is 10.9. The van der Waals surface area contributed by atoms with E-state index < -0.39 is 0 Å². The summed E-state index contributed by atoms with van der Waals surface area (Å²) in [4.78, 5) is 0. The zero-order valence-corrected chi connectivity index (χ0v) is 36.2. The summed E-state index contributed by atoms with van der Waals surface area (Å²) in [6.07, 6.45) is 57.6. The Balaban J connectivity index is -0.000000678. The molecule has 0 saturated carbocycles. The van der Waals surface area contributed by atoms with Gasteiger partial charge in [-0.05, 0) is 19.3 Å². The number of hydrogen-bond donors (Lipinski definition) is 3. The maximum absolute atomic E-state index is 8.64. The standard InChI is InChI=1S/3C16H34O/c3*1-2-3-4-5-6-7-8-9-10-11-12-13-14-15-16-17/h3*17H,2-16H2,1H3. The van der Waals surface area contributed by atoms with Crippen LogP contribution in [0.4, 0.5) is 0 Å². The van der Waals surface area contributed by atoms with Crippen molar-refractivity contribution >= 4 is 0 Å². The van der Waals surface area contributed by atoms with Gasteiger partial charge < -0.3 is 15.3 Å². The molecule has 0 aromatic heterocycles. The average molecular weight is 727 g/mol. The maximum atomic E-state index is 8.64. The second-order valence-corrected chi connectivity index (χ2v) is 16.0. The average Bonchev–Trinajstić information content (AvgIpc) is 3.15. The van der Waals surface area contributed by atoms with Crippen LogP contribution in [0.25, 0.3) is 0 Å². The van der Waals surface area contributed by atoms with Gasteiger partial charge in [0, 0.05) is 19.8 Å². The number of hydrogen-bond acceptors (Lipinski definition) is 3. The Morgan fingerprint density at radius 2 is 0.255 bits per heavy atom. The Labute approximate surface area is 324 Å². The van der Waals surface area contributed by atoms with E-state index >= 15 is 0 Å². The van der Waals surface area contributed by atoms with Gasteiger partial charge in [-0.1, -0.05) is 271 Å². The van der Waals surface area contributed by atoms with E-state index in [9.17, 15) is 0 Å². The fourth-order valence-electron chi connectivity index (χ4n) is 6.92. The highest BCUT2D eigenvalue weighted by molar-refractivity contribution is 4.51. The van der Waals surface area contributed by atoms with Crippen LogP contribution in [0.15, 0.2) is 0 Å². The summed E-state index contributed by atoms with van der Waals surface area (Å²) in [5.74, 6) is 0. The minimum Gasteiger partial charge on any atom is -0.396 e. The molecule has 0 saturated heterocycles. The van der Waals surface area contributed by atoms with E-state index in [1.54, 1.807) is 0 Å². The smallest absolute Gasteiger partial charge is 0.0431 e. The maximum Gasteiger partial charge on any atom is 0.0431 e. The zero-order valence-electron chi connectivity index (χ0n) is 36.2. The van der Waals surface area contributed by atoms with Crippen LogP contribution in [0.5, 0.6) is 0 Å². The van der Waals surface area contributed by atoms with Crippen molar-refractivity contribution in [1.82, 2.24) is 0 Å². The summed E-state index contributed by atoms with van der Waals surface area (Å²) in [6, 6.07) is 0. The Morgan fingerprint density at radius 3 is 0.353 bits per heavy atom. The van der Waals surface area contributed by atoms with Gasteiger partial charge in [-0.3, -0.25) is 0 Å². The summed E-state index contributed by atoms with van der Waals surface area (Å²) in [5.41, 5.74) is 0. The molecule has 0 aliphatic rings. The van der Waals surface area contributed by atoms with Gasteiger partial charge in [-0.2, -0.15) is 0 Å². The highest BCUT2D eigenvalue weighted by atomic mass is 16.3. The van der Waals surface area contributed by atoms with Crippen LogP contribution in [0.3, 0.4) is 0 Å². The lowest BCUT2D eigenvalue weighted by Crippen LogP contribution is -1.84. The molecule has 3 N–H and O–H groups in total. The van der Waals surface area contributed by atoms with Crippen molar-refractivity contribution in [1.29, 1.82) is 0 Å². The molecule has 0 bridgehead atoms. The largest absolute Gasteiger partial charge is 0.396 e. The predicted octanol–water partition coefficient (Wildman–Crippen LogP) is 16.4. The minimum atomic E-state index is 0.373. The second kappa shape index (κ2) is 59.2. The highest BCUT2D eigenvalue weighted by Crippen LogP contribution is 2.15. The van der Waals surface area contributed by atoms with E-state index in [2.05, 4.69) is 20.8 Å². The number of rotatable bonds is 42. The van der Waals surface area contributed by atoms with Crippen LogP contribution in [0, 0.1) is 0 Å². The summed E-state index contributed by atoms with van der Waals surface area (Å²) < 4.78 is 0. The van der Waals surface area contributed by atoms with Gasteiger partial charge in [-0.25, -0.2) is 0 Å². The van der Waals surface area contributed by atoms with Crippen LogP contribution in [0.1, 0.15) is 290 Å². The molecule has 0 fully saturated rings. The van der Waals surface area contributed by atoms with E-state index in [0.717, 1.165) is 19.3 Å². The summed E-state index contributed by atoms with van der Waals surface area (Å²) in [5, 5.41) is 25.9. The number of aliphatic hydroxyl groups is 3. The van der Waals surface area contributed by atoms with Crippen LogP contribution in [0.2, 0.25) is 0 Å². The molecule has 0 spiro atoms. The molecule has 0 rings (SSSR count). The fourth-order valence-corrected chi connectivity index (χ4v) is 6.92. The molecule has 0 unspecified atom stereocenters. The van der Waals surface area contributed by atoms with Crippen molar-refractivity contribution in [3.05, 3.63) is 0 Å². The molecular weight excluding hydrogens is 625 g/mol. The van der Waals surface area contributed by atoms with Crippen molar-refractivity contribution < 1.29 is 15.3 Å². The first-order valence-corrected chi connectivity index (χ1v) is 24.1.